The summed E-state index contributed by atoms with van der Waals surface area (Å²) in [7, 11) is 2.90. The molecule has 1 aliphatic rings. The van der Waals surface area contributed by atoms with Gasteiger partial charge in [0.25, 0.3) is 5.82 Å². The van der Waals surface area contributed by atoms with E-state index >= 15 is 0 Å². The van der Waals surface area contributed by atoms with Crippen LogP contribution in [0, 0.1) is 0 Å². The van der Waals surface area contributed by atoms with Gasteiger partial charge in [-0.15, -0.1) is 29.9 Å². The molecule has 0 unspecified atom stereocenters. The van der Waals surface area contributed by atoms with Crippen molar-refractivity contribution < 1.29 is 22.6 Å². The number of nitrogens with one attached hydrogen (secondary N) is 2. The first-order chi connectivity index (χ1) is 15.9. The van der Waals surface area contributed by atoms with E-state index in [9.17, 15) is 13.2 Å². The predicted molar refractivity (Wildman–Crippen MR) is 129 cm³/mol. The van der Waals surface area contributed by atoms with Crippen LogP contribution < -0.4 is 20.1 Å². The highest BCUT2D eigenvalue weighted by Gasteiger charge is 2.39. The van der Waals surface area contributed by atoms with Crippen LogP contribution in [-0.4, -0.2) is 47.0 Å². The maximum atomic E-state index is 13.4. The lowest BCUT2D eigenvalue weighted by Crippen LogP contribution is -2.45. The Balaban J connectivity index is 0.00000216. The molecule has 2 atom stereocenters. The van der Waals surface area contributed by atoms with E-state index in [1.54, 1.807) is 6.07 Å². The molecule has 0 spiro atoms. The molecule has 3 aromatic rings. The van der Waals surface area contributed by atoms with Crippen molar-refractivity contribution in [3.63, 3.8) is 0 Å². The van der Waals surface area contributed by atoms with Gasteiger partial charge in [0.1, 0.15) is 11.4 Å². The van der Waals surface area contributed by atoms with E-state index in [1.807, 2.05) is 18.2 Å². The fourth-order valence-corrected chi connectivity index (χ4v) is 4.23. The molecule has 0 saturated carbocycles. The molecule has 8 nitrogen and oxygen atoms in total. The molecule has 1 aliphatic heterocycles. The average molecular weight is 535 g/mol. The van der Waals surface area contributed by atoms with Crippen LogP contribution in [0.4, 0.5) is 13.2 Å². The summed E-state index contributed by atoms with van der Waals surface area (Å²) in [5.74, 6) is -0.532. The second-order valence-electron chi connectivity index (χ2n) is 7.68. The van der Waals surface area contributed by atoms with E-state index in [0.717, 1.165) is 19.4 Å². The number of hydrogen-bond acceptors (Lipinski definition) is 7. The summed E-state index contributed by atoms with van der Waals surface area (Å²) in [5.41, 5.74) is 1.83. The highest BCUT2D eigenvalue weighted by atomic mass is 35.5. The summed E-state index contributed by atoms with van der Waals surface area (Å²) in [6, 6.07) is 13.4. The summed E-state index contributed by atoms with van der Waals surface area (Å²) in [6.07, 6.45) is -2.76. The first kappa shape index (κ1) is 28.6. The largest absolute Gasteiger partial charge is 0.496 e. The highest BCUT2D eigenvalue weighted by molar-refractivity contribution is 5.85. The quantitative estimate of drug-likeness (QED) is 0.471. The zero-order chi connectivity index (χ0) is 23.4. The van der Waals surface area contributed by atoms with Gasteiger partial charge in [0, 0.05) is 18.6 Å². The molecule has 35 heavy (non-hydrogen) atoms. The third kappa shape index (κ3) is 6.16. The van der Waals surface area contributed by atoms with Crippen LogP contribution in [0.3, 0.4) is 0 Å². The minimum atomic E-state index is -4.72. The summed E-state index contributed by atoms with van der Waals surface area (Å²) in [5, 5.41) is 17.0. The number of rotatable bonds is 7. The zero-order valence-corrected chi connectivity index (χ0v) is 20.7. The van der Waals surface area contributed by atoms with Crippen LogP contribution >= 0.6 is 24.8 Å². The van der Waals surface area contributed by atoms with Crippen LogP contribution in [0.15, 0.2) is 42.5 Å². The average Bonchev–Trinajstić information content (AvgIpc) is 3.33. The summed E-state index contributed by atoms with van der Waals surface area (Å²) in [4.78, 5) is 0. The lowest BCUT2D eigenvalue weighted by atomic mass is 9.92. The molecule has 0 aliphatic carbocycles. The van der Waals surface area contributed by atoms with E-state index in [1.165, 1.54) is 25.8 Å². The Morgan fingerprint density at radius 2 is 1.83 bits per heavy atom. The van der Waals surface area contributed by atoms with Gasteiger partial charge in [-0.05, 0) is 47.5 Å². The summed E-state index contributed by atoms with van der Waals surface area (Å²) in [6.45, 7) is 1.23. The van der Waals surface area contributed by atoms with Crippen molar-refractivity contribution in [1.82, 2.24) is 30.8 Å². The topological polar surface area (TPSA) is 86.1 Å². The number of tetrazole rings is 1. The second kappa shape index (κ2) is 12.4. The van der Waals surface area contributed by atoms with Gasteiger partial charge in [0.15, 0.2) is 5.75 Å². The first-order valence-electron chi connectivity index (χ1n) is 10.6. The van der Waals surface area contributed by atoms with Crippen LogP contribution in [0.25, 0.3) is 5.69 Å². The van der Waals surface area contributed by atoms with Gasteiger partial charge in [-0.3, -0.25) is 0 Å². The fourth-order valence-electron chi connectivity index (χ4n) is 4.23. The molecule has 1 saturated heterocycles. The minimum absolute atomic E-state index is 0. The Kier molecular flexibility index (Phi) is 10.1. The molecule has 1 aromatic heterocycles. The van der Waals surface area contributed by atoms with Gasteiger partial charge in [0.05, 0.1) is 19.8 Å². The molecule has 0 amide bonds. The number of hydrogen-bond donors (Lipinski definition) is 2. The van der Waals surface area contributed by atoms with E-state index in [0.29, 0.717) is 22.5 Å². The van der Waals surface area contributed by atoms with Crippen molar-refractivity contribution in [3.8, 4) is 17.2 Å². The van der Waals surface area contributed by atoms with Gasteiger partial charge < -0.3 is 20.1 Å². The lowest BCUT2D eigenvalue weighted by Gasteiger charge is -2.34. The van der Waals surface area contributed by atoms with Crippen molar-refractivity contribution in [2.75, 3.05) is 20.8 Å². The van der Waals surface area contributed by atoms with Crippen molar-refractivity contribution in [1.29, 1.82) is 0 Å². The van der Waals surface area contributed by atoms with Crippen LogP contribution in [0.1, 0.15) is 35.8 Å². The zero-order valence-electron chi connectivity index (χ0n) is 19.1. The molecule has 0 bridgehead atoms. The normalized spacial score (nSPS) is 17.7. The Hall–Kier alpha value is -2.60. The standard InChI is InChI=1S/C22H25F3N6O2.2ClH/c1-32-18-11-10-17(31-21(22(23,24)25)28-29-30-31)20(33-2)15(18)13-27-16-9-6-12-26-19(16)14-7-4-3-5-8-14;;/h3-5,7-8,10-11,16,19,26-27H,6,9,12-13H2,1-2H3;2*1H/t16-,19-;;/m0../s1. The number of piperidine rings is 1. The number of methoxy groups -OCH3 is 2. The Bertz CT molecular complexity index is 1080. The molecule has 2 aromatic carbocycles. The van der Waals surface area contributed by atoms with E-state index in [4.69, 9.17) is 9.47 Å². The molecule has 2 heterocycles. The third-order valence-corrected chi connectivity index (χ3v) is 5.73. The predicted octanol–water partition coefficient (Wildman–Crippen LogP) is 4.12. The Morgan fingerprint density at radius 3 is 2.49 bits per heavy atom. The Morgan fingerprint density at radius 1 is 1.09 bits per heavy atom. The Labute approximate surface area is 213 Å². The molecular formula is C22H27Cl2F3N6O2. The molecular weight excluding hydrogens is 508 g/mol. The van der Waals surface area contributed by atoms with Gasteiger partial charge in [0.2, 0.25) is 0 Å². The lowest BCUT2D eigenvalue weighted by molar-refractivity contribution is -0.146. The van der Waals surface area contributed by atoms with Gasteiger partial charge in [-0.1, -0.05) is 30.3 Å². The highest BCUT2D eigenvalue weighted by Crippen LogP contribution is 2.37. The number of halogens is 5. The maximum Gasteiger partial charge on any atom is 0.453 e. The van der Waals surface area contributed by atoms with Gasteiger partial charge in [-0.25, -0.2) is 0 Å². The smallest absolute Gasteiger partial charge is 0.453 e. The number of alkyl halides is 3. The SMILES string of the molecule is COc1ccc(-n2nnnc2C(F)(F)F)c(OC)c1CN[C@H]1CCCN[C@H]1c1ccccc1.Cl.Cl. The van der Waals surface area contributed by atoms with E-state index in [2.05, 4.69) is 38.3 Å². The number of benzene rings is 2. The molecule has 4 rings (SSSR count). The number of aromatic nitrogens is 4. The summed E-state index contributed by atoms with van der Waals surface area (Å²) < 4.78 is 51.9. The molecule has 1 fully saturated rings. The van der Waals surface area contributed by atoms with Crippen LogP contribution in [0.5, 0.6) is 11.5 Å². The van der Waals surface area contributed by atoms with E-state index < -0.39 is 12.0 Å². The first-order valence-corrected chi connectivity index (χ1v) is 10.6. The molecule has 2 N–H and O–H groups in total. The molecule has 192 valence electrons. The summed E-state index contributed by atoms with van der Waals surface area (Å²) >= 11 is 0. The van der Waals surface area contributed by atoms with Crippen molar-refractivity contribution in [3.05, 3.63) is 59.4 Å². The van der Waals surface area contributed by atoms with Crippen molar-refractivity contribution in [2.45, 2.75) is 37.6 Å². The third-order valence-electron chi connectivity index (χ3n) is 5.73. The van der Waals surface area contributed by atoms with Crippen molar-refractivity contribution in [2.24, 2.45) is 0 Å². The second-order valence-corrected chi connectivity index (χ2v) is 7.68. The van der Waals surface area contributed by atoms with Crippen molar-refractivity contribution >= 4 is 24.8 Å². The maximum absolute atomic E-state index is 13.4. The number of nitrogens with zero attached hydrogens (tertiary/aromatic N) is 4. The van der Waals surface area contributed by atoms with Gasteiger partial charge >= 0.3 is 6.18 Å². The van der Waals surface area contributed by atoms with Gasteiger partial charge in [-0.2, -0.15) is 17.9 Å². The molecule has 0 radical (unpaired) electrons. The monoisotopic (exact) mass is 534 g/mol. The fraction of sp³-hybridized carbons (Fsp3) is 0.409. The number of ether oxygens (including phenoxy) is 2. The molecule has 13 heteroatoms. The van der Waals surface area contributed by atoms with Crippen LogP contribution in [0.2, 0.25) is 0 Å². The minimum Gasteiger partial charge on any atom is -0.496 e. The van der Waals surface area contributed by atoms with E-state index in [-0.39, 0.29) is 48.3 Å². The van der Waals surface area contributed by atoms with Crippen LogP contribution in [-0.2, 0) is 12.7 Å².